The molecule has 1 fully saturated rings. The molecule has 0 bridgehead atoms. The van der Waals surface area contributed by atoms with E-state index in [1.807, 2.05) is 25.1 Å². The maximum absolute atomic E-state index is 13.2. The number of nitrogens with zero attached hydrogens (tertiary/aromatic N) is 4. The molecule has 5 rings (SSSR count). The van der Waals surface area contributed by atoms with Crippen molar-refractivity contribution < 1.29 is 4.74 Å². The molecule has 0 radical (unpaired) electrons. The zero-order chi connectivity index (χ0) is 20.7. The van der Waals surface area contributed by atoms with Crippen molar-refractivity contribution in [2.45, 2.75) is 51.5 Å². The van der Waals surface area contributed by atoms with Gasteiger partial charge in [-0.1, -0.05) is 43.5 Å². The molecule has 1 aliphatic rings. The second-order valence-corrected chi connectivity index (χ2v) is 8.12. The highest BCUT2D eigenvalue weighted by Crippen LogP contribution is 2.33. The number of rotatable bonds is 5. The van der Waals surface area contributed by atoms with Crippen LogP contribution in [0.15, 0.2) is 35.1 Å². The van der Waals surface area contributed by atoms with Gasteiger partial charge in [-0.05, 0) is 31.4 Å². The van der Waals surface area contributed by atoms with E-state index in [9.17, 15) is 4.79 Å². The Morgan fingerprint density at radius 3 is 2.80 bits per heavy atom. The molecule has 3 heterocycles. The third-order valence-electron chi connectivity index (χ3n) is 5.62. The summed E-state index contributed by atoms with van der Waals surface area (Å²) < 4.78 is 7.52. The summed E-state index contributed by atoms with van der Waals surface area (Å²) in [5, 5.41) is 1.46. The number of ether oxygens (including phenoxy) is 1. The van der Waals surface area contributed by atoms with Crippen LogP contribution in [0.1, 0.15) is 50.8 Å². The first-order chi connectivity index (χ1) is 14.6. The fourth-order valence-corrected chi connectivity index (χ4v) is 4.34. The first-order valence-corrected chi connectivity index (χ1v) is 10.8. The van der Waals surface area contributed by atoms with E-state index in [1.165, 1.54) is 17.4 Å². The molecule has 0 unspecified atom stereocenters. The number of hydrogen-bond donors (Lipinski definition) is 1. The molecule has 0 saturated heterocycles. The lowest BCUT2D eigenvalue weighted by Crippen LogP contribution is -2.23. The van der Waals surface area contributed by atoms with E-state index in [1.54, 1.807) is 12.1 Å². The van der Waals surface area contributed by atoms with Crippen molar-refractivity contribution in [3.05, 3.63) is 51.5 Å². The monoisotopic (exact) mass is 423 g/mol. The smallest absolute Gasteiger partial charge is 0.308 e. The second kappa shape index (κ2) is 7.72. The summed E-state index contributed by atoms with van der Waals surface area (Å²) in [4.78, 5) is 30.1. The quantitative estimate of drug-likeness (QED) is 0.478. The fraction of sp³-hybridized carbons (Fsp3) is 0.364. The van der Waals surface area contributed by atoms with Gasteiger partial charge in [0.1, 0.15) is 5.82 Å². The minimum atomic E-state index is -0.174. The Morgan fingerprint density at radius 1 is 1.17 bits per heavy atom. The molecule has 3 aromatic heterocycles. The number of imidazole rings is 1. The minimum absolute atomic E-state index is 0.174. The van der Waals surface area contributed by atoms with E-state index < -0.39 is 0 Å². The molecular formula is C22H22ClN5O2. The molecule has 0 spiro atoms. The van der Waals surface area contributed by atoms with Crippen molar-refractivity contribution in [3.8, 4) is 11.9 Å². The Kier molecular flexibility index (Phi) is 4.90. The highest BCUT2D eigenvalue weighted by Gasteiger charge is 2.23. The summed E-state index contributed by atoms with van der Waals surface area (Å²) in [6.45, 7) is 2.49. The predicted molar refractivity (Wildman–Crippen MR) is 116 cm³/mol. The SMILES string of the molecule is CCCn1c(Oc2ccc3cccc(Cl)c3n2)nc2nc(C3CCCC3)[nH]c2c1=O. The van der Waals surface area contributed by atoms with Crippen LogP contribution in [0.5, 0.6) is 11.9 Å². The third-order valence-corrected chi connectivity index (χ3v) is 5.93. The van der Waals surface area contributed by atoms with E-state index >= 15 is 0 Å². The summed E-state index contributed by atoms with van der Waals surface area (Å²) in [7, 11) is 0. The number of benzene rings is 1. The molecule has 0 atom stereocenters. The van der Waals surface area contributed by atoms with Gasteiger partial charge < -0.3 is 9.72 Å². The Bertz CT molecular complexity index is 1290. The van der Waals surface area contributed by atoms with Gasteiger partial charge in [0, 0.05) is 23.9 Å². The average molecular weight is 424 g/mol. The number of nitrogens with one attached hydrogen (secondary N) is 1. The normalized spacial score (nSPS) is 14.7. The Balaban J connectivity index is 1.59. The first-order valence-electron chi connectivity index (χ1n) is 10.4. The number of para-hydroxylation sites is 1. The van der Waals surface area contributed by atoms with E-state index in [0.29, 0.717) is 40.0 Å². The largest absolute Gasteiger partial charge is 0.406 e. The van der Waals surface area contributed by atoms with Crippen molar-refractivity contribution in [2.24, 2.45) is 0 Å². The van der Waals surface area contributed by atoms with Gasteiger partial charge in [0.25, 0.3) is 5.56 Å². The highest BCUT2D eigenvalue weighted by molar-refractivity contribution is 6.35. The van der Waals surface area contributed by atoms with Crippen molar-refractivity contribution >= 4 is 33.7 Å². The number of H-pyrrole nitrogens is 1. The van der Waals surface area contributed by atoms with Crippen molar-refractivity contribution in [3.63, 3.8) is 0 Å². The van der Waals surface area contributed by atoms with Gasteiger partial charge in [0.15, 0.2) is 11.2 Å². The zero-order valence-corrected chi connectivity index (χ0v) is 17.4. The van der Waals surface area contributed by atoms with Crippen LogP contribution >= 0.6 is 11.6 Å². The lowest BCUT2D eigenvalue weighted by Gasteiger charge is -2.11. The van der Waals surface area contributed by atoms with Crippen molar-refractivity contribution in [1.29, 1.82) is 0 Å². The summed E-state index contributed by atoms with van der Waals surface area (Å²) in [6.07, 6.45) is 5.34. The van der Waals surface area contributed by atoms with E-state index in [4.69, 9.17) is 16.3 Å². The van der Waals surface area contributed by atoms with Crippen LogP contribution in [0, 0.1) is 0 Å². The molecule has 154 valence electrons. The number of fused-ring (bicyclic) bond motifs is 2. The fourth-order valence-electron chi connectivity index (χ4n) is 4.12. The van der Waals surface area contributed by atoms with Gasteiger partial charge in [0.05, 0.1) is 10.5 Å². The molecule has 30 heavy (non-hydrogen) atoms. The molecule has 4 aromatic rings. The highest BCUT2D eigenvalue weighted by atomic mass is 35.5. The lowest BCUT2D eigenvalue weighted by atomic mass is 10.1. The number of halogens is 1. The van der Waals surface area contributed by atoms with E-state index in [2.05, 4.69) is 19.9 Å². The molecule has 1 saturated carbocycles. The van der Waals surface area contributed by atoms with Gasteiger partial charge in [-0.2, -0.15) is 4.98 Å². The standard InChI is InChI=1S/C22H22ClN5O2/c1-2-12-28-21(29)18-20(26-19(25-18)14-6-3-4-7-14)27-22(28)30-16-11-10-13-8-5-9-15(23)17(13)24-16/h5,8-11,14H,2-4,6-7,12H2,1H3,(H,25,26). The molecular weight excluding hydrogens is 402 g/mol. The zero-order valence-electron chi connectivity index (χ0n) is 16.7. The van der Waals surface area contributed by atoms with Gasteiger partial charge in [0.2, 0.25) is 5.88 Å². The summed E-state index contributed by atoms with van der Waals surface area (Å²) >= 11 is 6.28. The summed E-state index contributed by atoms with van der Waals surface area (Å²) in [6, 6.07) is 9.42. The van der Waals surface area contributed by atoms with Gasteiger partial charge >= 0.3 is 6.01 Å². The average Bonchev–Trinajstić information content (AvgIpc) is 3.41. The molecule has 8 heteroatoms. The third kappa shape index (κ3) is 3.33. The minimum Gasteiger partial charge on any atom is -0.406 e. The van der Waals surface area contributed by atoms with Gasteiger partial charge in [-0.3, -0.25) is 9.36 Å². The second-order valence-electron chi connectivity index (χ2n) is 7.72. The van der Waals surface area contributed by atoms with Crippen LogP contribution in [0.3, 0.4) is 0 Å². The van der Waals surface area contributed by atoms with E-state index in [0.717, 1.165) is 30.5 Å². The number of aromatic amines is 1. The van der Waals surface area contributed by atoms with Crippen LogP contribution in [-0.4, -0.2) is 24.5 Å². The molecule has 0 aliphatic heterocycles. The molecule has 1 aliphatic carbocycles. The van der Waals surface area contributed by atoms with Crippen molar-refractivity contribution in [1.82, 2.24) is 24.5 Å². The van der Waals surface area contributed by atoms with Crippen LogP contribution in [0.4, 0.5) is 0 Å². The van der Waals surface area contributed by atoms with Gasteiger partial charge in [-0.25, -0.2) is 9.97 Å². The summed E-state index contributed by atoms with van der Waals surface area (Å²) in [5.74, 6) is 1.55. The maximum Gasteiger partial charge on any atom is 0.308 e. The van der Waals surface area contributed by atoms with Crippen molar-refractivity contribution in [2.75, 3.05) is 0 Å². The molecule has 1 N–H and O–H groups in total. The molecule has 1 aromatic carbocycles. The van der Waals surface area contributed by atoms with Crippen LogP contribution in [0.25, 0.3) is 22.1 Å². The Hall–Kier alpha value is -2.93. The Morgan fingerprint density at radius 2 is 2.00 bits per heavy atom. The Labute approximate surface area is 178 Å². The first kappa shape index (κ1) is 19.1. The van der Waals surface area contributed by atoms with Gasteiger partial charge in [-0.15, -0.1) is 0 Å². The number of hydrogen-bond acceptors (Lipinski definition) is 5. The lowest BCUT2D eigenvalue weighted by molar-refractivity contribution is 0.387. The summed E-state index contributed by atoms with van der Waals surface area (Å²) in [5.41, 5.74) is 1.30. The maximum atomic E-state index is 13.2. The topological polar surface area (TPSA) is 85.7 Å². The number of aromatic nitrogens is 5. The van der Waals surface area contributed by atoms with E-state index in [-0.39, 0.29) is 11.6 Å². The van der Waals surface area contributed by atoms with Crippen LogP contribution in [0.2, 0.25) is 5.02 Å². The van der Waals surface area contributed by atoms with Crippen LogP contribution < -0.4 is 10.3 Å². The van der Waals surface area contributed by atoms with Crippen LogP contribution in [-0.2, 0) is 6.54 Å². The number of pyridine rings is 1. The molecule has 7 nitrogen and oxygen atoms in total. The predicted octanol–water partition coefficient (Wildman–Crippen LogP) is 5.18. The molecule has 0 amide bonds.